The molecule has 118 valence electrons. The number of nitrogen functional groups attached to an aromatic ring is 1. The third kappa shape index (κ3) is 5.70. The smallest absolute Gasteiger partial charge is 0.232 e. The van der Waals surface area contributed by atoms with Gasteiger partial charge in [-0.15, -0.1) is 0 Å². The zero-order chi connectivity index (χ0) is 15.9. The highest BCUT2D eigenvalue weighted by molar-refractivity contribution is 7.89. The average molecular weight is 315 g/mol. The van der Waals surface area contributed by atoms with Crippen molar-refractivity contribution < 1.29 is 17.9 Å². The minimum Gasteiger partial charge on any atom is -0.398 e. The van der Waals surface area contributed by atoms with Crippen LogP contribution in [0.2, 0.25) is 0 Å². The van der Waals surface area contributed by atoms with Crippen molar-refractivity contribution in [3.63, 3.8) is 0 Å². The Labute approximate surface area is 124 Å². The number of para-hydroxylation sites is 1. The number of benzene rings is 1. The van der Waals surface area contributed by atoms with Crippen molar-refractivity contribution >= 4 is 21.6 Å². The molecule has 0 aliphatic rings. The Bertz CT molecular complexity index is 575. The molecule has 0 aliphatic heterocycles. The Morgan fingerprint density at radius 2 is 2.00 bits per heavy atom. The Morgan fingerprint density at radius 1 is 1.33 bits per heavy atom. The van der Waals surface area contributed by atoms with E-state index in [4.69, 9.17) is 16.2 Å². The van der Waals surface area contributed by atoms with Crippen LogP contribution in [0.15, 0.2) is 24.3 Å². The number of primary amides is 1. The first-order valence-electron chi connectivity index (χ1n) is 6.45. The molecule has 21 heavy (non-hydrogen) atoms. The van der Waals surface area contributed by atoms with Crippen molar-refractivity contribution in [3.8, 4) is 0 Å². The highest BCUT2D eigenvalue weighted by Crippen LogP contribution is 2.16. The molecule has 8 heteroatoms. The Balaban J connectivity index is 2.90. The number of rotatable bonds is 9. The van der Waals surface area contributed by atoms with Crippen molar-refractivity contribution in [2.45, 2.75) is 13.0 Å². The van der Waals surface area contributed by atoms with Crippen LogP contribution in [0.5, 0.6) is 0 Å². The van der Waals surface area contributed by atoms with E-state index in [1.807, 2.05) is 0 Å². The predicted molar refractivity (Wildman–Crippen MR) is 80.7 cm³/mol. The molecule has 0 radical (unpaired) electrons. The quantitative estimate of drug-likeness (QED) is 0.488. The summed E-state index contributed by atoms with van der Waals surface area (Å²) in [7, 11) is -2.11. The molecule has 7 nitrogen and oxygen atoms in total. The largest absolute Gasteiger partial charge is 0.398 e. The molecule has 0 spiro atoms. The predicted octanol–water partition coefficient (Wildman–Crippen LogP) is -0.0776. The molecule has 1 aromatic carbocycles. The molecule has 0 saturated heterocycles. The number of ether oxygens (including phenoxy) is 1. The number of nitrogens with two attached hydrogens (primary N) is 2. The fourth-order valence-corrected chi connectivity index (χ4v) is 3.21. The minimum absolute atomic E-state index is 0.0188. The van der Waals surface area contributed by atoms with Gasteiger partial charge in [0.1, 0.15) is 0 Å². The van der Waals surface area contributed by atoms with E-state index in [0.29, 0.717) is 24.3 Å². The topological polar surface area (TPSA) is 116 Å². The molecule has 1 aromatic rings. The lowest BCUT2D eigenvalue weighted by Gasteiger charge is -2.21. The van der Waals surface area contributed by atoms with Gasteiger partial charge in [0, 0.05) is 25.9 Å². The van der Waals surface area contributed by atoms with Crippen molar-refractivity contribution in [1.82, 2.24) is 4.31 Å². The minimum atomic E-state index is -3.61. The van der Waals surface area contributed by atoms with Crippen LogP contribution in [0.25, 0.3) is 0 Å². The van der Waals surface area contributed by atoms with Gasteiger partial charge in [0.2, 0.25) is 15.9 Å². The zero-order valence-electron chi connectivity index (χ0n) is 12.0. The van der Waals surface area contributed by atoms with E-state index in [0.717, 1.165) is 4.31 Å². The molecule has 0 heterocycles. The number of hydrogen-bond acceptors (Lipinski definition) is 5. The number of carbonyl (C=O) groups is 1. The Hall–Kier alpha value is -1.64. The summed E-state index contributed by atoms with van der Waals surface area (Å²) in [6.45, 7) is -0.0221. The van der Waals surface area contributed by atoms with Gasteiger partial charge in [-0.3, -0.25) is 4.79 Å². The molecule has 0 aromatic heterocycles. The van der Waals surface area contributed by atoms with Crippen LogP contribution in [-0.2, 0) is 26.1 Å². The van der Waals surface area contributed by atoms with E-state index < -0.39 is 15.9 Å². The van der Waals surface area contributed by atoms with Crippen LogP contribution in [-0.4, -0.2) is 44.6 Å². The van der Waals surface area contributed by atoms with Crippen LogP contribution < -0.4 is 11.5 Å². The standard InChI is InChI=1S/C13H21N3O4S/c1-20-7-4-8-21(18,19)16(10-13(15)17)9-11-5-2-3-6-12(11)14/h2-3,5-6H,4,7-10,14H2,1H3,(H2,15,17). The number of anilines is 1. The second-order valence-corrected chi connectivity index (χ2v) is 6.68. The molecule has 0 atom stereocenters. The summed E-state index contributed by atoms with van der Waals surface area (Å²) in [5.41, 5.74) is 12.0. The second-order valence-electron chi connectivity index (χ2n) is 4.60. The summed E-state index contributed by atoms with van der Waals surface area (Å²) in [6.07, 6.45) is 0.346. The first-order valence-corrected chi connectivity index (χ1v) is 8.06. The van der Waals surface area contributed by atoms with E-state index in [9.17, 15) is 13.2 Å². The molecule has 4 N–H and O–H groups in total. The van der Waals surface area contributed by atoms with E-state index in [1.165, 1.54) is 7.11 Å². The van der Waals surface area contributed by atoms with Gasteiger partial charge in [-0.1, -0.05) is 18.2 Å². The maximum Gasteiger partial charge on any atom is 0.232 e. The number of nitrogens with zero attached hydrogens (tertiary/aromatic N) is 1. The molecule has 0 saturated carbocycles. The zero-order valence-corrected chi connectivity index (χ0v) is 12.8. The van der Waals surface area contributed by atoms with Crippen molar-refractivity contribution in [1.29, 1.82) is 0 Å². The molecule has 0 aliphatic carbocycles. The fourth-order valence-electron chi connectivity index (χ4n) is 1.81. The molecular formula is C13H21N3O4S. The summed E-state index contributed by atoms with van der Waals surface area (Å²) in [4.78, 5) is 11.1. The molecule has 0 bridgehead atoms. The van der Waals surface area contributed by atoms with E-state index in [2.05, 4.69) is 0 Å². The average Bonchev–Trinajstić information content (AvgIpc) is 2.40. The summed E-state index contributed by atoms with van der Waals surface area (Å²) in [5, 5.41) is 0. The van der Waals surface area contributed by atoms with Crippen molar-refractivity contribution in [2.75, 3.05) is 31.7 Å². The van der Waals surface area contributed by atoms with Crippen molar-refractivity contribution in [2.24, 2.45) is 5.73 Å². The highest BCUT2D eigenvalue weighted by atomic mass is 32.2. The monoisotopic (exact) mass is 315 g/mol. The van der Waals surface area contributed by atoms with Gasteiger partial charge >= 0.3 is 0 Å². The highest BCUT2D eigenvalue weighted by Gasteiger charge is 2.24. The second kappa shape index (κ2) is 7.96. The SMILES string of the molecule is COCCCS(=O)(=O)N(CC(N)=O)Cc1ccccc1N. The van der Waals surface area contributed by atoms with Crippen LogP contribution in [0.4, 0.5) is 5.69 Å². The maximum absolute atomic E-state index is 12.3. The summed E-state index contributed by atoms with van der Waals surface area (Å²) < 4.78 is 30.5. The third-order valence-corrected chi connectivity index (χ3v) is 4.73. The molecule has 1 amide bonds. The van der Waals surface area contributed by atoms with E-state index >= 15 is 0 Å². The lowest BCUT2D eigenvalue weighted by molar-refractivity contribution is -0.118. The molecule has 1 rings (SSSR count). The number of sulfonamides is 1. The Morgan fingerprint density at radius 3 is 2.57 bits per heavy atom. The molecule has 0 fully saturated rings. The number of amides is 1. The molecular weight excluding hydrogens is 294 g/mol. The van der Waals surface area contributed by atoms with Gasteiger partial charge < -0.3 is 16.2 Å². The van der Waals surface area contributed by atoms with Gasteiger partial charge in [0.05, 0.1) is 12.3 Å². The lowest BCUT2D eigenvalue weighted by atomic mass is 10.2. The molecule has 0 unspecified atom stereocenters. The van der Waals surface area contributed by atoms with Crippen molar-refractivity contribution in [3.05, 3.63) is 29.8 Å². The number of hydrogen-bond donors (Lipinski definition) is 2. The summed E-state index contributed by atoms with van der Waals surface area (Å²) in [6, 6.07) is 6.90. The summed E-state index contributed by atoms with van der Waals surface area (Å²) in [5.74, 6) is -0.819. The third-order valence-electron chi connectivity index (χ3n) is 2.88. The normalized spacial score (nSPS) is 11.7. The summed E-state index contributed by atoms with van der Waals surface area (Å²) >= 11 is 0. The van der Waals surface area contributed by atoms with Gasteiger partial charge in [0.25, 0.3) is 0 Å². The van der Waals surface area contributed by atoms with Crippen LogP contribution in [0, 0.1) is 0 Å². The van der Waals surface area contributed by atoms with Gasteiger partial charge in [0.15, 0.2) is 0 Å². The van der Waals surface area contributed by atoms with Crippen LogP contribution in [0.3, 0.4) is 0 Å². The van der Waals surface area contributed by atoms with Gasteiger partial charge in [-0.25, -0.2) is 8.42 Å². The Kier molecular flexibility index (Phi) is 6.60. The van der Waals surface area contributed by atoms with E-state index in [1.54, 1.807) is 24.3 Å². The van der Waals surface area contributed by atoms with Crippen LogP contribution >= 0.6 is 0 Å². The van der Waals surface area contributed by atoms with Gasteiger partial charge in [-0.05, 0) is 18.1 Å². The van der Waals surface area contributed by atoms with Gasteiger partial charge in [-0.2, -0.15) is 4.31 Å². The maximum atomic E-state index is 12.3. The number of carbonyl (C=O) groups excluding carboxylic acids is 1. The fraction of sp³-hybridized carbons (Fsp3) is 0.462. The first-order chi connectivity index (χ1) is 9.86. The van der Waals surface area contributed by atoms with Crippen LogP contribution in [0.1, 0.15) is 12.0 Å². The van der Waals surface area contributed by atoms with E-state index in [-0.39, 0.29) is 18.8 Å². The first kappa shape index (κ1) is 17.4. The lowest BCUT2D eigenvalue weighted by Crippen LogP contribution is -2.39. The number of methoxy groups -OCH3 is 1.